The van der Waals surface area contributed by atoms with Crippen LogP contribution in [-0.2, 0) is 0 Å². The average molecular weight is 284 g/mol. The van der Waals surface area contributed by atoms with E-state index in [1.807, 2.05) is 0 Å². The second kappa shape index (κ2) is 6.75. The standard InChI is InChI=1S/C13H8F4O.C2H4/c1-18-11-5-3-8(12(16)13(11)17)7-2-4-9(14)10(15)6-7;1-2/h2-6H,1H3;1-2H2. The van der Waals surface area contributed by atoms with Gasteiger partial charge < -0.3 is 4.74 Å². The fourth-order valence-corrected chi connectivity index (χ4v) is 1.58. The minimum Gasteiger partial charge on any atom is -0.494 e. The summed E-state index contributed by atoms with van der Waals surface area (Å²) in [7, 11) is 1.20. The van der Waals surface area contributed by atoms with Crippen LogP contribution in [0.5, 0.6) is 5.75 Å². The number of rotatable bonds is 2. The number of methoxy groups -OCH3 is 1. The summed E-state index contributed by atoms with van der Waals surface area (Å²) in [5.41, 5.74) is -0.111. The number of hydrogen-bond donors (Lipinski definition) is 0. The van der Waals surface area contributed by atoms with Crippen molar-refractivity contribution in [1.29, 1.82) is 0 Å². The van der Waals surface area contributed by atoms with Gasteiger partial charge in [0.2, 0.25) is 5.82 Å². The van der Waals surface area contributed by atoms with Gasteiger partial charge in [-0.1, -0.05) is 6.07 Å². The van der Waals surface area contributed by atoms with Crippen molar-refractivity contribution in [3.05, 3.63) is 66.8 Å². The lowest BCUT2D eigenvalue weighted by atomic mass is 10.0. The molecule has 0 unspecified atom stereocenters. The quantitative estimate of drug-likeness (QED) is 0.572. The molecular weight excluding hydrogens is 272 g/mol. The van der Waals surface area contributed by atoms with Gasteiger partial charge in [-0.15, -0.1) is 13.2 Å². The molecule has 0 radical (unpaired) electrons. The Labute approximate surface area is 114 Å². The molecule has 106 valence electrons. The molecule has 0 aromatic heterocycles. The summed E-state index contributed by atoms with van der Waals surface area (Å²) in [6, 6.07) is 5.29. The Hall–Kier alpha value is -2.30. The maximum absolute atomic E-state index is 13.7. The Morgan fingerprint density at radius 2 is 1.50 bits per heavy atom. The van der Waals surface area contributed by atoms with E-state index in [0.29, 0.717) is 0 Å². The molecule has 1 nitrogen and oxygen atoms in total. The molecule has 0 N–H and O–H groups in total. The first-order valence-electron chi connectivity index (χ1n) is 5.52. The van der Waals surface area contributed by atoms with Crippen LogP contribution in [0.25, 0.3) is 11.1 Å². The fraction of sp³-hybridized carbons (Fsp3) is 0.0667. The molecule has 20 heavy (non-hydrogen) atoms. The van der Waals surface area contributed by atoms with Crippen LogP contribution in [0.4, 0.5) is 17.6 Å². The molecule has 0 spiro atoms. The van der Waals surface area contributed by atoms with Crippen LogP contribution < -0.4 is 4.74 Å². The van der Waals surface area contributed by atoms with E-state index < -0.39 is 23.3 Å². The Morgan fingerprint density at radius 1 is 0.850 bits per heavy atom. The van der Waals surface area contributed by atoms with Gasteiger partial charge in [-0.2, -0.15) is 4.39 Å². The molecule has 2 aromatic rings. The van der Waals surface area contributed by atoms with Crippen molar-refractivity contribution in [2.75, 3.05) is 7.11 Å². The molecular formula is C15H12F4O. The SMILES string of the molecule is C=C.COc1ccc(-c2ccc(F)c(F)c2)c(F)c1F. The summed E-state index contributed by atoms with van der Waals surface area (Å²) < 4.78 is 57.5. The molecule has 0 fully saturated rings. The van der Waals surface area contributed by atoms with Crippen molar-refractivity contribution in [2.24, 2.45) is 0 Å². The van der Waals surface area contributed by atoms with E-state index in [1.165, 1.54) is 25.3 Å². The lowest BCUT2D eigenvalue weighted by molar-refractivity contribution is 0.372. The monoisotopic (exact) mass is 284 g/mol. The molecule has 0 bridgehead atoms. The van der Waals surface area contributed by atoms with Crippen LogP contribution >= 0.6 is 0 Å². The largest absolute Gasteiger partial charge is 0.494 e. The smallest absolute Gasteiger partial charge is 0.201 e. The molecule has 0 saturated heterocycles. The predicted octanol–water partition coefficient (Wildman–Crippen LogP) is 4.72. The van der Waals surface area contributed by atoms with Gasteiger partial charge in [-0.05, 0) is 29.8 Å². The van der Waals surface area contributed by atoms with E-state index >= 15 is 0 Å². The first-order chi connectivity index (χ1) is 9.54. The van der Waals surface area contributed by atoms with Gasteiger partial charge in [0.05, 0.1) is 7.11 Å². The number of ether oxygens (including phenoxy) is 1. The lowest BCUT2D eigenvalue weighted by Gasteiger charge is -2.08. The first kappa shape index (κ1) is 15.8. The van der Waals surface area contributed by atoms with E-state index in [2.05, 4.69) is 17.9 Å². The summed E-state index contributed by atoms with van der Waals surface area (Å²) in [5.74, 6) is -4.75. The molecule has 2 aromatic carbocycles. The molecule has 0 aliphatic rings. The maximum Gasteiger partial charge on any atom is 0.201 e. The van der Waals surface area contributed by atoms with E-state index in [4.69, 9.17) is 0 Å². The third kappa shape index (κ3) is 2.99. The molecule has 0 aliphatic heterocycles. The Kier molecular flexibility index (Phi) is 5.32. The van der Waals surface area contributed by atoms with Gasteiger partial charge in [0.25, 0.3) is 0 Å². The topological polar surface area (TPSA) is 9.23 Å². The van der Waals surface area contributed by atoms with Crippen LogP contribution in [0.2, 0.25) is 0 Å². The third-order valence-corrected chi connectivity index (χ3v) is 2.50. The zero-order valence-electron chi connectivity index (χ0n) is 10.7. The second-order valence-electron chi connectivity index (χ2n) is 3.57. The summed E-state index contributed by atoms with van der Waals surface area (Å²) in [5, 5.41) is 0. The van der Waals surface area contributed by atoms with Gasteiger partial charge in [0, 0.05) is 5.56 Å². The lowest BCUT2D eigenvalue weighted by Crippen LogP contribution is -1.95. The fourth-order valence-electron chi connectivity index (χ4n) is 1.58. The zero-order chi connectivity index (χ0) is 15.3. The molecule has 0 saturated carbocycles. The highest BCUT2D eigenvalue weighted by Crippen LogP contribution is 2.30. The van der Waals surface area contributed by atoms with Crippen molar-refractivity contribution in [3.63, 3.8) is 0 Å². The van der Waals surface area contributed by atoms with Crippen LogP contribution in [0.15, 0.2) is 43.5 Å². The van der Waals surface area contributed by atoms with Crippen molar-refractivity contribution >= 4 is 0 Å². The zero-order valence-corrected chi connectivity index (χ0v) is 10.7. The number of benzene rings is 2. The normalized spacial score (nSPS) is 9.65. The minimum absolute atomic E-state index is 0.0490. The summed E-state index contributed by atoms with van der Waals surface area (Å²) in [6.07, 6.45) is 0. The van der Waals surface area contributed by atoms with Gasteiger partial charge >= 0.3 is 0 Å². The molecule has 0 aliphatic carbocycles. The Bertz CT molecular complexity index is 611. The van der Waals surface area contributed by atoms with Crippen LogP contribution in [0.3, 0.4) is 0 Å². The van der Waals surface area contributed by atoms with Crippen LogP contribution in [-0.4, -0.2) is 7.11 Å². The van der Waals surface area contributed by atoms with Gasteiger partial charge in [0.1, 0.15) is 0 Å². The van der Waals surface area contributed by atoms with Gasteiger partial charge in [-0.3, -0.25) is 0 Å². The van der Waals surface area contributed by atoms with E-state index in [-0.39, 0.29) is 16.9 Å². The average Bonchev–Trinajstić information content (AvgIpc) is 2.47. The summed E-state index contributed by atoms with van der Waals surface area (Å²) in [4.78, 5) is 0. The predicted molar refractivity (Wildman–Crippen MR) is 69.5 cm³/mol. The highest BCUT2D eigenvalue weighted by atomic mass is 19.2. The third-order valence-electron chi connectivity index (χ3n) is 2.50. The van der Waals surface area contributed by atoms with Crippen LogP contribution in [0.1, 0.15) is 0 Å². The molecule has 0 heterocycles. The van der Waals surface area contributed by atoms with Gasteiger partial charge in [0.15, 0.2) is 23.2 Å². The highest BCUT2D eigenvalue weighted by molar-refractivity contribution is 5.65. The number of hydrogen-bond acceptors (Lipinski definition) is 1. The molecule has 0 amide bonds. The minimum atomic E-state index is -1.17. The Morgan fingerprint density at radius 3 is 2.05 bits per heavy atom. The van der Waals surface area contributed by atoms with Crippen LogP contribution in [0, 0.1) is 23.3 Å². The van der Waals surface area contributed by atoms with Crippen molar-refractivity contribution in [3.8, 4) is 16.9 Å². The molecule has 2 rings (SSSR count). The van der Waals surface area contributed by atoms with Crippen molar-refractivity contribution < 1.29 is 22.3 Å². The van der Waals surface area contributed by atoms with Crippen molar-refractivity contribution in [1.82, 2.24) is 0 Å². The van der Waals surface area contributed by atoms with Crippen molar-refractivity contribution in [2.45, 2.75) is 0 Å². The second-order valence-corrected chi connectivity index (χ2v) is 3.57. The molecule has 5 heteroatoms. The summed E-state index contributed by atoms with van der Waals surface area (Å²) in [6.45, 7) is 6.00. The van der Waals surface area contributed by atoms with Gasteiger partial charge in [-0.25, -0.2) is 13.2 Å². The number of halogens is 4. The first-order valence-corrected chi connectivity index (χ1v) is 5.52. The van der Waals surface area contributed by atoms with E-state index in [1.54, 1.807) is 0 Å². The van der Waals surface area contributed by atoms with E-state index in [0.717, 1.165) is 12.1 Å². The molecule has 0 atom stereocenters. The highest BCUT2D eigenvalue weighted by Gasteiger charge is 2.16. The maximum atomic E-state index is 13.7. The van der Waals surface area contributed by atoms with E-state index in [9.17, 15) is 17.6 Å². The summed E-state index contributed by atoms with van der Waals surface area (Å²) >= 11 is 0. The Balaban J connectivity index is 0.000000956.